The fourth-order valence-corrected chi connectivity index (χ4v) is 4.84. The Bertz CT molecular complexity index is 1270. The van der Waals surface area contributed by atoms with Gasteiger partial charge < -0.3 is 4.90 Å². The van der Waals surface area contributed by atoms with E-state index in [0.717, 1.165) is 27.0 Å². The lowest BCUT2D eigenvalue weighted by atomic mass is 10.1. The average Bonchev–Trinajstić information content (AvgIpc) is 3.32. The van der Waals surface area contributed by atoms with Gasteiger partial charge in [-0.25, -0.2) is 19.0 Å². The van der Waals surface area contributed by atoms with Crippen molar-refractivity contribution >= 4 is 49.2 Å². The lowest BCUT2D eigenvalue weighted by molar-refractivity contribution is 0.628. The van der Waals surface area contributed by atoms with Crippen LogP contribution in [0.3, 0.4) is 0 Å². The van der Waals surface area contributed by atoms with Crippen LogP contribution in [-0.2, 0) is 6.54 Å². The molecule has 0 atom stereocenters. The fourth-order valence-electron chi connectivity index (χ4n) is 3.37. The molecule has 3 heterocycles. The highest BCUT2D eigenvalue weighted by molar-refractivity contribution is 9.10. The summed E-state index contributed by atoms with van der Waals surface area (Å²) in [7, 11) is 0. The van der Waals surface area contributed by atoms with Crippen LogP contribution in [0, 0.1) is 24.1 Å². The molecule has 1 aromatic carbocycles. The molecule has 9 heteroatoms. The molecule has 4 aromatic rings. The van der Waals surface area contributed by atoms with Gasteiger partial charge in [-0.3, -0.25) is 0 Å². The molecule has 0 aliphatic carbocycles. The van der Waals surface area contributed by atoms with Gasteiger partial charge in [0, 0.05) is 18.7 Å². The number of aromatic nitrogens is 4. The van der Waals surface area contributed by atoms with Gasteiger partial charge in [0.2, 0.25) is 0 Å². The standard InChI is InChI=1S/C21H18BrFN6S/c1-4-28(20-19-17(27-29(20)5-2)12(3)10-16(22)25-19)21-26-18(15(11-24)30-21)13-6-8-14(23)9-7-13/h6-10H,4-5H2,1-3H3. The third-order valence-electron chi connectivity index (χ3n) is 4.77. The first kappa shape index (κ1) is 20.4. The number of nitrogens with zero attached hydrogens (tertiary/aromatic N) is 6. The van der Waals surface area contributed by atoms with E-state index >= 15 is 0 Å². The number of rotatable bonds is 5. The minimum atomic E-state index is -0.326. The lowest BCUT2D eigenvalue weighted by Gasteiger charge is -2.20. The summed E-state index contributed by atoms with van der Waals surface area (Å²) < 4.78 is 16.0. The maximum absolute atomic E-state index is 13.3. The average molecular weight is 485 g/mol. The third kappa shape index (κ3) is 3.46. The highest BCUT2D eigenvalue weighted by Crippen LogP contribution is 2.38. The van der Waals surface area contributed by atoms with E-state index in [1.165, 1.54) is 23.5 Å². The summed E-state index contributed by atoms with van der Waals surface area (Å²) in [5.41, 5.74) is 3.90. The van der Waals surface area contributed by atoms with Gasteiger partial charge >= 0.3 is 0 Å². The molecule has 152 valence electrons. The zero-order valence-electron chi connectivity index (χ0n) is 16.6. The normalized spacial score (nSPS) is 11.1. The molecule has 0 unspecified atom stereocenters. The highest BCUT2D eigenvalue weighted by Gasteiger charge is 2.24. The van der Waals surface area contributed by atoms with Gasteiger partial charge in [-0.05, 0) is 72.6 Å². The Morgan fingerprint density at radius 1 is 1.20 bits per heavy atom. The van der Waals surface area contributed by atoms with Crippen LogP contribution >= 0.6 is 27.3 Å². The quantitative estimate of drug-likeness (QED) is 0.334. The molecule has 0 N–H and O–H groups in total. The summed E-state index contributed by atoms with van der Waals surface area (Å²) in [5.74, 6) is 0.511. The van der Waals surface area contributed by atoms with Crippen LogP contribution in [0.1, 0.15) is 24.3 Å². The predicted molar refractivity (Wildman–Crippen MR) is 121 cm³/mol. The number of pyridine rings is 1. The van der Waals surface area contributed by atoms with Crippen molar-refractivity contribution in [1.29, 1.82) is 5.26 Å². The van der Waals surface area contributed by atoms with Crippen molar-refractivity contribution in [3.8, 4) is 17.3 Å². The first-order valence-electron chi connectivity index (χ1n) is 9.44. The summed E-state index contributed by atoms with van der Waals surface area (Å²) in [6.45, 7) is 7.34. The zero-order valence-corrected chi connectivity index (χ0v) is 19.1. The van der Waals surface area contributed by atoms with Gasteiger partial charge in [0.15, 0.2) is 10.9 Å². The minimum absolute atomic E-state index is 0.326. The second-order valence-corrected chi connectivity index (χ2v) is 8.43. The Labute approximate surface area is 185 Å². The molecule has 0 saturated carbocycles. The van der Waals surface area contributed by atoms with E-state index in [1.807, 2.05) is 36.4 Å². The van der Waals surface area contributed by atoms with Crippen molar-refractivity contribution in [2.24, 2.45) is 0 Å². The molecule has 6 nitrogen and oxygen atoms in total. The van der Waals surface area contributed by atoms with Gasteiger partial charge in [0.05, 0.1) is 0 Å². The number of aryl methyl sites for hydroxylation is 2. The van der Waals surface area contributed by atoms with E-state index in [1.54, 1.807) is 12.1 Å². The SMILES string of the molecule is CCN(c1nc(-c2ccc(F)cc2)c(C#N)s1)c1c2nc(Br)cc(C)c2nn1CC. The van der Waals surface area contributed by atoms with E-state index in [-0.39, 0.29) is 5.82 Å². The summed E-state index contributed by atoms with van der Waals surface area (Å²) >= 11 is 4.79. The first-order valence-corrected chi connectivity index (χ1v) is 11.1. The number of hydrogen-bond acceptors (Lipinski definition) is 6. The van der Waals surface area contributed by atoms with Gasteiger partial charge in [-0.15, -0.1) is 0 Å². The minimum Gasteiger partial charge on any atom is -0.301 e. The maximum Gasteiger partial charge on any atom is 0.192 e. The van der Waals surface area contributed by atoms with Crippen LogP contribution in [-0.4, -0.2) is 26.3 Å². The Balaban J connectivity index is 1.90. The number of halogens is 2. The van der Waals surface area contributed by atoms with E-state index in [9.17, 15) is 9.65 Å². The lowest BCUT2D eigenvalue weighted by Crippen LogP contribution is -2.20. The van der Waals surface area contributed by atoms with E-state index < -0.39 is 0 Å². The maximum atomic E-state index is 13.3. The van der Waals surface area contributed by atoms with Crippen molar-refractivity contribution < 1.29 is 4.39 Å². The van der Waals surface area contributed by atoms with E-state index in [4.69, 9.17) is 10.1 Å². The molecular formula is C21H18BrFN6S. The van der Waals surface area contributed by atoms with Crippen LogP contribution in [0.5, 0.6) is 0 Å². The summed E-state index contributed by atoms with van der Waals surface area (Å²) in [5, 5.41) is 15.1. The summed E-state index contributed by atoms with van der Waals surface area (Å²) in [6.07, 6.45) is 0. The second-order valence-electron chi connectivity index (χ2n) is 6.64. The highest BCUT2D eigenvalue weighted by atomic mass is 79.9. The molecule has 0 saturated heterocycles. The van der Waals surface area contributed by atoms with Crippen LogP contribution in [0.4, 0.5) is 15.3 Å². The second kappa shape index (κ2) is 8.13. The fraction of sp³-hybridized carbons (Fsp3) is 0.238. The van der Waals surface area contributed by atoms with Gasteiger partial charge in [-0.1, -0.05) is 11.3 Å². The number of benzene rings is 1. The van der Waals surface area contributed by atoms with Crippen LogP contribution in [0.25, 0.3) is 22.3 Å². The number of anilines is 2. The molecule has 0 radical (unpaired) electrons. The zero-order chi connectivity index (χ0) is 21.4. The Kier molecular flexibility index (Phi) is 5.54. The molecule has 0 aliphatic heterocycles. The van der Waals surface area contributed by atoms with Crippen LogP contribution in [0.15, 0.2) is 34.9 Å². The molecule has 0 bridgehead atoms. The molecule has 0 aliphatic rings. The van der Waals surface area contributed by atoms with E-state index in [2.05, 4.69) is 27.0 Å². The molecule has 3 aromatic heterocycles. The molecular weight excluding hydrogens is 467 g/mol. The van der Waals surface area contributed by atoms with Gasteiger partial charge in [-0.2, -0.15) is 10.4 Å². The molecule has 0 amide bonds. The molecule has 0 spiro atoms. The van der Waals surface area contributed by atoms with Gasteiger partial charge in [0.1, 0.15) is 38.1 Å². The number of hydrogen-bond donors (Lipinski definition) is 0. The number of fused-ring (bicyclic) bond motifs is 1. The smallest absolute Gasteiger partial charge is 0.192 e. The predicted octanol–water partition coefficient (Wildman–Crippen LogP) is 5.81. The Hall–Kier alpha value is -2.83. The first-order chi connectivity index (χ1) is 14.5. The van der Waals surface area contributed by atoms with Gasteiger partial charge in [0.25, 0.3) is 0 Å². The molecule has 4 rings (SSSR count). The number of thiazole rings is 1. The van der Waals surface area contributed by atoms with Crippen LogP contribution < -0.4 is 4.90 Å². The monoisotopic (exact) mass is 484 g/mol. The van der Waals surface area contributed by atoms with Crippen molar-refractivity contribution in [2.45, 2.75) is 27.3 Å². The van der Waals surface area contributed by atoms with Crippen LogP contribution in [0.2, 0.25) is 0 Å². The molecule has 0 fully saturated rings. The van der Waals surface area contributed by atoms with E-state index in [0.29, 0.717) is 34.4 Å². The largest absolute Gasteiger partial charge is 0.301 e. The Morgan fingerprint density at radius 2 is 1.93 bits per heavy atom. The van der Waals surface area contributed by atoms with Crippen molar-refractivity contribution in [3.05, 3.63) is 51.2 Å². The molecule has 30 heavy (non-hydrogen) atoms. The summed E-state index contributed by atoms with van der Waals surface area (Å²) in [4.78, 5) is 11.9. The van der Waals surface area contributed by atoms with Crippen molar-refractivity contribution in [3.63, 3.8) is 0 Å². The third-order valence-corrected chi connectivity index (χ3v) is 6.16. The van der Waals surface area contributed by atoms with Crippen molar-refractivity contribution in [2.75, 3.05) is 11.4 Å². The Morgan fingerprint density at radius 3 is 2.57 bits per heavy atom. The number of nitriles is 1. The van der Waals surface area contributed by atoms with Crippen molar-refractivity contribution in [1.82, 2.24) is 19.7 Å². The topological polar surface area (TPSA) is 70.6 Å². The summed E-state index contributed by atoms with van der Waals surface area (Å²) in [6, 6.07) is 10.2.